The lowest BCUT2D eigenvalue weighted by molar-refractivity contribution is 0.102. The molecule has 0 spiro atoms. The van der Waals surface area contributed by atoms with Crippen LogP contribution in [-0.4, -0.2) is 20.7 Å². The minimum absolute atomic E-state index is 0.187. The lowest BCUT2D eigenvalue weighted by Crippen LogP contribution is -2.12. The zero-order valence-electron chi connectivity index (χ0n) is 10.4. The van der Waals surface area contributed by atoms with E-state index in [2.05, 4.69) is 31.3 Å². The number of halogens is 1. The number of aromatic amines is 1. The third-order valence-corrected chi connectivity index (χ3v) is 3.22. The summed E-state index contributed by atoms with van der Waals surface area (Å²) >= 11 is 3.30. The van der Waals surface area contributed by atoms with Gasteiger partial charge >= 0.3 is 0 Å². The number of nitrogens with one attached hydrogen (secondary N) is 2. The Morgan fingerprint density at radius 3 is 2.90 bits per heavy atom. The van der Waals surface area contributed by atoms with E-state index in [4.69, 9.17) is 0 Å². The number of aromatic nitrogens is 3. The molecular formula is C14H11BrN4O. The first-order chi connectivity index (χ1) is 9.72. The van der Waals surface area contributed by atoms with Crippen molar-refractivity contribution in [3.63, 3.8) is 0 Å². The van der Waals surface area contributed by atoms with E-state index in [-0.39, 0.29) is 5.91 Å². The molecule has 6 heteroatoms. The molecule has 0 atom stereocenters. The van der Waals surface area contributed by atoms with E-state index in [1.165, 1.54) is 0 Å². The maximum Gasteiger partial charge on any atom is 0.272 e. The second-order valence-electron chi connectivity index (χ2n) is 4.19. The summed E-state index contributed by atoms with van der Waals surface area (Å²) < 4.78 is 2.58. The highest BCUT2D eigenvalue weighted by molar-refractivity contribution is 9.10. The lowest BCUT2D eigenvalue weighted by Gasteiger charge is -2.06. The number of nitrogens with zero attached hydrogens (tertiary/aromatic N) is 2. The molecule has 0 fully saturated rings. The molecule has 2 heterocycles. The van der Waals surface area contributed by atoms with Gasteiger partial charge in [0.25, 0.3) is 5.91 Å². The molecule has 0 saturated heterocycles. The van der Waals surface area contributed by atoms with Gasteiger partial charge in [-0.05, 0) is 46.3 Å². The predicted octanol–water partition coefficient (Wildman–Crippen LogP) is 3.22. The Morgan fingerprint density at radius 1 is 1.30 bits per heavy atom. The summed E-state index contributed by atoms with van der Waals surface area (Å²) in [5.41, 5.74) is 2.11. The average molecular weight is 331 g/mol. The standard InChI is InChI=1S/C14H11BrN4O/c15-10-7-13(16-9-10)14(20)18-11-3-1-4-12(8-11)19-6-2-5-17-19/h1-9,16H,(H,18,20). The van der Waals surface area contributed by atoms with Gasteiger partial charge < -0.3 is 10.3 Å². The molecule has 0 aliphatic rings. The maximum absolute atomic E-state index is 12.0. The Balaban J connectivity index is 1.81. The number of amides is 1. The van der Waals surface area contributed by atoms with Crippen molar-refractivity contribution in [2.75, 3.05) is 5.32 Å². The molecule has 0 bridgehead atoms. The number of benzene rings is 1. The molecule has 3 aromatic rings. The first-order valence-electron chi connectivity index (χ1n) is 5.98. The molecular weight excluding hydrogens is 320 g/mol. The van der Waals surface area contributed by atoms with E-state index in [1.54, 1.807) is 23.1 Å². The van der Waals surface area contributed by atoms with E-state index in [0.29, 0.717) is 11.4 Å². The minimum atomic E-state index is -0.187. The number of anilines is 1. The summed E-state index contributed by atoms with van der Waals surface area (Å²) in [5.74, 6) is -0.187. The van der Waals surface area contributed by atoms with Gasteiger partial charge in [0.2, 0.25) is 0 Å². The van der Waals surface area contributed by atoms with Crippen molar-refractivity contribution in [3.8, 4) is 5.69 Å². The summed E-state index contributed by atoms with van der Waals surface area (Å²) in [7, 11) is 0. The Bertz CT molecular complexity index is 733. The van der Waals surface area contributed by atoms with Crippen molar-refractivity contribution < 1.29 is 4.79 Å². The van der Waals surface area contributed by atoms with Gasteiger partial charge in [-0.25, -0.2) is 4.68 Å². The molecule has 0 aliphatic carbocycles. The van der Waals surface area contributed by atoms with E-state index < -0.39 is 0 Å². The number of carbonyl (C=O) groups is 1. The van der Waals surface area contributed by atoms with Crippen LogP contribution in [0.4, 0.5) is 5.69 Å². The molecule has 1 aromatic carbocycles. The summed E-state index contributed by atoms with van der Waals surface area (Å²) in [6.07, 6.45) is 5.28. The molecule has 1 amide bonds. The number of hydrogen-bond donors (Lipinski definition) is 2. The van der Waals surface area contributed by atoms with Crippen LogP contribution in [0.2, 0.25) is 0 Å². The first kappa shape index (κ1) is 12.7. The van der Waals surface area contributed by atoms with Gasteiger partial charge in [-0.15, -0.1) is 0 Å². The van der Waals surface area contributed by atoms with Crippen molar-refractivity contribution in [3.05, 3.63) is 65.2 Å². The predicted molar refractivity (Wildman–Crippen MR) is 80.0 cm³/mol. The Hall–Kier alpha value is -2.34. The molecule has 5 nitrogen and oxygen atoms in total. The Morgan fingerprint density at radius 2 is 2.20 bits per heavy atom. The third-order valence-electron chi connectivity index (χ3n) is 2.77. The highest BCUT2D eigenvalue weighted by Gasteiger charge is 2.08. The molecule has 2 N–H and O–H groups in total. The average Bonchev–Trinajstić information content (AvgIpc) is 3.10. The van der Waals surface area contributed by atoms with Gasteiger partial charge in [0.05, 0.1) is 5.69 Å². The van der Waals surface area contributed by atoms with Crippen molar-refractivity contribution >= 4 is 27.5 Å². The molecule has 2 aromatic heterocycles. The SMILES string of the molecule is O=C(Nc1cccc(-n2cccn2)c1)c1cc(Br)c[nH]1. The van der Waals surface area contributed by atoms with Gasteiger partial charge in [-0.1, -0.05) is 6.07 Å². The fourth-order valence-electron chi connectivity index (χ4n) is 1.85. The van der Waals surface area contributed by atoms with Crippen molar-refractivity contribution in [2.24, 2.45) is 0 Å². The van der Waals surface area contributed by atoms with E-state index in [9.17, 15) is 4.79 Å². The second kappa shape index (κ2) is 5.34. The Labute approximate surface area is 123 Å². The summed E-state index contributed by atoms with van der Waals surface area (Å²) in [6, 6.07) is 11.1. The fourth-order valence-corrected chi connectivity index (χ4v) is 2.19. The lowest BCUT2D eigenvalue weighted by atomic mass is 10.2. The van der Waals surface area contributed by atoms with Gasteiger partial charge in [-0.3, -0.25) is 4.79 Å². The maximum atomic E-state index is 12.0. The van der Waals surface area contributed by atoms with E-state index in [1.807, 2.05) is 36.5 Å². The van der Waals surface area contributed by atoms with Gasteiger partial charge in [0.15, 0.2) is 0 Å². The normalized spacial score (nSPS) is 10.4. The molecule has 20 heavy (non-hydrogen) atoms. The minimum Gasteiger partial charge on any atom is -0.356 e. The Kier molecular flexibility index (Phi) is 3.39. The molecule has 100 valence electrons. The second-order valence-corrected chi connectivity index (χ2v) is 5.10. The highest BCUT2D eigenvalue weighted by atomic mass is 79.9. The van der Waals surface area contributed by atoms with Crippen LogP contribution in [0, 0.1) is 0 Å². The quantitative estimate of drug-likeness (QED) is 0.774. The van der Waals surface area contributed by atoms with Crippen LogP contribution in [0.3, 0.4) is 0 Å². The molecule has 3 rings (SSSR count). The van der Waals surface area contributed by atoms with Crippen LogP contribution >= 0.6 is 15.9 Å². The largest absolute Gasteiger partial charge is 0.356 e. The van der Waals surface area contributed by atoms with Crippen molar-refractivity contribution in [2.45, 2.75) is 0 Å². The molecule has 0 aliphatic heterocycles. The first-order valence-corrected chi connectivity index (χ1v) is 6.77. The molecule has 0 saturated carbocycles. The van der Waals surface area contributed by atoms with Gasteiger partial charge in [0, 0.05) is 28.8 Å². The van der Waals surface area contributed by atoms with Gasteiger partial charge in [-0.2, -0.15) is 5.10 Å². The number of rotatable bonds is 3. The van der Waals surface area contributed by atoms with Crippen LogP contribution in [0.25, 0.3) is 5.69 Å². The smallest absolute Gasteiger partial charge is 0.272 e. The van der Waals surface area contributed by atoms with E-state index in [0.717, 1.165) is 10.2 Å². The topological polar surface area (TPSA) is 62.7 Å². The number of carbonyl (C=O) groups excluding carboxylic acids is 1. The van der Waals surface area contributed by atoms with Gasteiger partial charge in [0.1, 0.15) is 5.69 Å². The summed E-state index contributed by atoms with van der Waals surface area (Å²) in [6.45, 7) is 0. The monoisotopic (exact) mass is 330 g/mol. The zero-order chi connectivity index (χ0) is 13.9. The zero-order valence-corrected chi connectivity index (χ0v) is 12.0. The van der Waals surface area contributed by atoms with Crippen LogP contribution < -0.4 is 5.32 Å². The number of hydrogen-bond acceptors (Lipinski definition) is 2. The fraction of sp³-hybridized carbons (Fsp3) is 0. The summed E-state index contributed by atoms with van der Waals surface area (Å²) in [4.78, 5) is 14.9. The molecule has 0 unspecified atom stereocenters. The van der Waals surface area contributed by atoms with Crippen LogP contribution in [0.5, 0.6) is 0 Å². The van der Waals surface area contributed by atoms with E-state index >= 15 is 0 Å². The highest BCUT2D eigenvalue weighted by Crippen LogP contribution is 2.16. The number of H-pyrrole nitrogens is 1. The van der Waals surface area contributed by atoms with Crippen molar-refractivity contribution in [1.29, 1.82) is 0 Å². The van der Waals surface area contributed by atoms with Crippen LogP contribution in [-0.2, 0) is 0 Å². The van der Waals surface area contributed by atoms with Crippen molar-refractivity contribution in [1.82, 2.24) is 14.8 Å². The third kappa shape index (κ3) is 2.65. The van der Waals surface area contributed by atoms with Crippen LogP contribution in [0.1, 0.15) is 10.5 Å². The summed E-state index contributed by atoms with van der Waals surface area (Å²) in [5, 5.41) is 7.00. The molecule has 0 radical (unpaired) electrons. The van der Waals surface area contributed by atoms with Crippen LogP contribution in [0.15, 0.2) is 59.5 Å².